The van der Waals surface area contributed by atoms with Crippen LogP contribution in [0.4, 0.5) is 0 Å². The number of benzene rings is 1. The molecule has 2 N–H and O–H groups in total. The Balaban J connectivity index is 2.22. The van der Waals surface area contributed by atoms with E-state index in [1.165, 1.54) is 24.0 Å². The normalized spacial score (nSPS) is 18.1. The molecule has 0 amide bonds. The van der Waals surface area contributed by atoms with E-state index in [0.717, 1.165) is 6.54 Å². The minimum atomic E-state index is 0.0713. The molecule has 102 valence electrons. The first-order valence-electron chi connectivity index (χ1n) is 7.08. The molecular formula is C16H23N3. The Kier molecular flexibility index (Phi) is 4.57. The van der Waals surface area contributed by atoms with Crippen LogP contribution < -0.4 is 5.73 Å². The zero-order valence-corrected chi connectivity index (χ0v) is 11.8. The van der Waals surface area contributed by atoms with Gasteiger partial charge in [0, 0.05) is 31.1 Å². The van der Waals surface area contributed by atoms with Crippen LogP contribution in [0.1, 0.15) is 43.4 Å². The van der Waals surface area contributed by atoms with Crippen LogP contribution in [-0.4, -0.2) is 23.5 Å². The van der Waals surface area contributed by atoms with E-state index in [2.05, 4.69) is 49.1 Å². The maximum absolute atomic E-state index is 8.84. The molecule has 1 aromatic carbocycles. The highest BCUT2D eigenvalue weighted by molar-refractivity contribution is 5.25. The maximum atomic E-state index is 8.84. The highest BCUT2D eigenvalue weighted by Gasteiger charge is 2.35. The third-order valence-electron chi connectivity index (χ3n) is 3.77. The predicted octanol–water partition coefficient (Wildman–Crippen LogP) is 2.76. The van der Waals surface area contributed by atoms with Crippen LogP contribution in [-0.2, 0) is 0 Å². The van der Waals surface area contributed by atoms with Gasteiger partial charge in [0.2, 0.25) is 0 Å². The number of hydrogen-bond acceptors (Lipinski definition) is 3. The largest absolute Gasteiger partial charge is 0.326 e. The van der Waals surface area contributed by atoms with Gasteiger partial charge in [0.25, 0.3) is 0 Å². The lowest BCUT2D eigenvalue weighted by molar-refractivity contribution is 0.170. The Morgan fingerprint density at radius 2 is 2.00 bits per heavy atom. The molecule has 1 fully saturated rings. The Hall–Kier alpha value is -1.37. The first kappa shape index (κ1) is 14.0. The standard InChI is InChI=1S/C16H23N3/c1-12-4-6-14(7-5-12)16(13(2)18)19(11-3-10-17)15-8-9-15/h4-7,13,15-16H,3,8-9,11,18H2,1-2H3. The van der Waals surface area contributed by atoms with Gasteiger partial charge in [0.1, 0.15) is 0 Å². The average Bonchev–Trinajstić information content (AvgIpc) is 3.20. The monoisotopic (exact) mass is 257 g/mol. The zero-order valence-electron chi connectivity index (χ0n) is 11.8. The van der Waals surface area contributed by atoms with Crippen LogP contribution >= 0.6 is 0 Å². The summed E-state index contributed by atoms with van der Waals surface area (Å²) >= 11 is 0. The number of aryl methyl sites for hydroxylation is 1. The zero-order chi connectivity index (χ0) is 13.8. The minimum absolute atomic E-state index is 0.0713. The van der Waals surface area contributed by atoms with Gasteiger partial charge in [-0.1, -0.05) is 29.8 Å². The first-order chi connectivity index (χ1) is 9.13. The van der Waals surface area contributed by atoms with Crippen molar-refractivity contribution >= 4 is 0 Å². The Morgan fingerprint density at radius 1 is 1.37 bits per heavy atom. The molecule has 1 aromatic rings. The number of hydrogen-bond donors (Lipinski definition) is 1. The summed E-state index contributed by atoms with van der Waals surface area (Å²) in [5.41, 5.74) is 8.76. The third kappa shape index (κ3) is 3.56. The number of rotatable bonds is 6. The van der Waals surface area contributed by atoms with Gasteiger partial charge in [-0.05, 0) is 32.3 Å². The van der Waals surface area contributed by atoms with Crippen LogP contribution in [0.3, 0.4) is 0 Å². The SMILES string of the molecule is Cc1ccc(C(C(C)N)N(CCC#N)C2CC2)cc1. The summed E-state index contributed by atoms with van der Waals surface area (Å²) in [6.07, 6.45) is 3.05. The van der Waals surface area contributed by atoms with Gasteiger partial charge >= 0.3 is 0 Å². The lowest BCUT2D eigenvalue weighted by Gasteiger charge is -2.34. The Morgan fingerprint density at radius 3 is 2.47 bits per heavy atom. The topological polar surface area (TPSA) is 53.0 Å². The van der Waals surface area contributed by atoms with Crippen LogP contribution in [0, 0.1) is 18.3 Å². The Labute approximate surface area is 116 Å². The number of nitrogens with zero attached hydrogens (tertiary/aromatic N) is 2. The number of nitriles is 1. The van der Waals surface area contributed by atoms with Gasteiger partial charge in [-0.3, -0.25) is 4.90 Å². The molecule has 19 heavy (non-hydrogen) atoms. The summed E-state index contributed by atoms with van der Waals surface area (Å²) in [6.45, 7) is 4.98. The van der Waals surface area contributed by atoms with Gasteiger partial charge in [-0.2, -0.15) is 5.26 Å². The molecule has 2 unspecified atom stereocenters. The molecule has 0 bridgehead atoms. The quantitative estimate of drug-likeness (QED) is 0.852. The predicted molar refractivity (Wildman–Crippen MR) is 77.5 cm³/mol. The van der Waals surface area contributed by atoms with Crippen molar-refractivity contribution in [1.29, 1.82) is 5.26 Å². The second kappa shape index (κ2) is 6.18. The van der Waals surface area contributed by atoms with E-state index in [9.17, 15) is 0 Å². The van der Waals surface area contributed by atoms with Gasteiger partial charge in [-0.15, -0.1) is 0 Å². The van der Waals surface area contributed by atoms with Gasteiger partial charge in [-0.25, -0.2) is 0 Å². The molecule has 2 rings (SSSR count). The average molecular weight is 257 g/mol. The van der Waals surface area contributed by atoms with Crippen LogP contribution in [0.15, 0.2) is 24.3 Å². The second-order valence-electron chi connectivity index (χ2n) is 5.59. The summed E-state index contributed by atoms with van der Waals surface area (Å²) in [5, 5.41) is 8.84. The van der Waals surface area contributed by atoms with Crippen LogP contribution in [0.25, 0.3) is 0 Å². The molecule has 0 heterocycles. The van der Waals surface area contributed by atoms with E-state index in [0.29, 0.717) is 12.5 Å². The molecule has 3 nitrogen and oxygen atoms in total. The van der Waals surface area contributed by atoms with Crippen molar-refractivity contribution in [3.63, 3.8) is 0 Å². The molecule has 0 saturated heterocycles. The maximum Gasteiger partial charge on any atom is 0.0635 e. The highest BCUT2D eigenvalue weighted by Crippen LogP contribution is 2.35. The van der Waals surface area contributed by atoms with Crippen molar-refractivity contribution in [2.24, 2.45) is 5.73 Å². The molecule has 2 atom stereocenters. The van der Waals surface area contributed by atoms with Crippen molar-refractivity contribution in [3.05, 3.63) is 35.4 Å². The summed E-state index contributed by atoms with van der Waals surface area (Å²) < 4.78 is 0. The summed E-state index contributed by atoms with van der Waals surface area (Å²) in [7, 11) is 0. The van der Waals surface area contributed by atoms with Crippen molar-refractivity contribution < 1.29 is 0 Å². The van der Waals surface area contributed by atoms with E-state index >= 15 is 0 Å². The fourth-order valence-electron chi connectivity index (χ4n) is 2.69. The first-order valence-corrected chi connectivity index (χ1v) is 7.08. The smallest absolute Gasteiger partial charge is 0.0635 e. The second-order valence-corrected chi connectivity index (χ2v) is 5.59. The molecule has 1 aliphatic rings. The molecule has 0 aromatic heterocycles. The Bertz CT molecular complexity index is 440. The summed E-state index contributed by atoms with van der Waals surface area (Å²) in [6, 6.07) is 11.8. The molecule has 1 aliphatic carbocycles. The molecule has 0 aliphatic heterocycles. The minimum Gasteiger partial charge on any atom is -0.326 e. The van der Waals surface area contributed by atoms with E-state index < -0.39 is 0 Å². The van der Waals surface area contributed by atoms with Crippen LogP contribution in [0.5, 0.6) is 0 Å². The lowest BCUT2D eigenvalue weighted by Crippen LogP contribution is -2.41. The lowest BCUT2D eigenvalue weighted by atomic mass is 9.97. The summed E-state index contributed by atoms with van der Waals surface area (Å²) in [4.78, 5) is 2.43. The third-order valence-corrected chi connectivity index (χ3v) is 3.77. The van der Waals surface area contributed by atoms with E-state index in [1.54, 1.807) is 0 Å². The van der Waals surface area contributed by atoms with Gasteiger partial charge in [0.15, 0.2) is 0 Å². The molecule has 3 heteroatoms. The van der Waals surface area contributed by atoms with Crippen molar-refractivity contribution in [2.45, 2.75) is 51.2 Å². The molecule has 1 saturated carbocycles. The number of nitrogens with two attached hydrogens (primary N) is 1. The van der Waals surface area contributed by atoms with Gasteiger partial charge in [0.05, 0.1) is 6.07 Å². The molecule has 0 radical (unpaired) electrons. The van der Waals surface area contributed by atoms with E-state index in [-0.39, 0.29) is 12.1 Å². The van der Waals surface area contributed by atoms with Crippen molar-refractivity contribution in [2.75, 3.05) is 6.54 Å². The summed E-state index contributed by atoms with van der Waals surface area (Å²) in [5.74, 6) is 0. The van der Waals surface area contributed by atoms with E-state index in [4.69, 9.17) is 11.0 Å². The van der Waals surface area contributed by atoms with E-state index in [1.807, 2.05) is 0 Å². The molecular weight excluding hydrogens is 234 g/mol. The molecule has 0 spiro atoms. The fraction of sp³-hybridized carbons (Fsp3) is 0.562. The van der Waals surface area contributed by atoms with Gasteiger partial charge < -0.3 is 5.73 Å². The van der Waals surface area contributed by atoms with Crippen LogP contribution in [0.2, 0.25) is 0 Å². The fourth-order valence-corrected chi connectivity index (χ4v) is 2.69. The highest BCUT2D eigenvalue weighted by atomic mass is 15.2. The van der Waals surface area contributed by atoms with Crippen molar-refractivity contribution in [3.8, 4) is 6.07 Å². The van der Waals surface area contributed by atoms with Crippen molar-refractivity contribution in [1.82, 2.24) is 4.90 Å².